The van der Waals surface area contributed by atoms with Crippen molar-refractivity contribution in [2.45, 2.75) is 25.8 Å². The Morgan fingerprint density at radius 1 is 1.69 bits per heavy atom. The van der Waals surface area contributed by atoms with Crippen LogP contribution in [0.3, 0.4) is 0 Å². The average molecular weight is 245 g/mol. The molecule has 1 aliphatic carbocycles. The van der Waals surface area contributed by atoms with Crippen LogP contribution in [0.2, 0.25) is 0 Å². The van der Waals surface area contributed by atoms with Crippen LogP contribution in [-0.2, 0) is 6.54 Å². The van der Waals surface area contributed by atoms with E-state index >= 15 is 0 Å². The quantitative estimate of drug-likeness (QED) is 0.791. The molecule has 0 saturated heterocycles. The van der Waals surface area contributed by atoms with Crippen molar-refractivity contribution in [3.63, 3.8) is 0 Å². The summed E-state index contributed by atoms with van der Waals surface area (Å²) in [6.07, 6.45) is 4.78. The molecular formula is C10H12KN3O2. The van der Waals surface area contributed by atoms with Crippen LogP contribution in [0.1, 0.15) is 35.3 Å². The summed E-state index contributed by atoms with van der Waals surface area (Å²) in [4.78, 5) is 10.9. The Morgan fingerprint density at radius 3 is 2.81 bits per heavy atom. The molecule has 80 valence electrons. The van der Waals surface area contributed by atoms with E-state index in [-0.39, 0.29) is 62.6 Å². The van der Waals surface area contributed by atoms with E-state index in [1.807, 2.05) is 6.07 Å². The summed E-state index contributed by atoms with van der Waals surface area (Å²) >= 11 is 0. The van der Waals surface area contributed by atoms with E-state index in [0.29, 0.717) is 12.5 Å². The van der Waals surface area contributed by atoms with Crippen molar-refractivity contribution in [2.75, 3.05) is 0 Å². The van der Waals surface area contributed by atoms with E-state index in [0.717, 1.165) is 12.8 Å². The normalized spacial score (nSPS) is 14.7. The van der Waals surface area contributed by atoms with Gasteiger partial charge in [0.05, 0.1) is 6.20 Å². The predicted molar refractivity (Wildman–Crippen MR) is 58.4 cm³/mol. The third kappa shape index (κ3) is 2.73. The van der Waals surface area contributed by atoms with Gasteiger partial charge in [-0.05, 0) is 18.8 Å². The van der Waals surface area contributed by atoms with Crippen LogP contribution in [0.25, 0.3) is 0 Å². The van der Waals surface area contributed by atoms with Crippen LogP contribution < -0.4 is 0 Å². The SMILES string of the molecule is N#Cc1cnn(CC2CCC2)c1C(=O)O.[KH]. The van der Waals surface area contributed by atoms with Crippen molar-refractivity contribution < 1.29 is 9.90 Å². The first-order valence-corrected chi connectivity index (χ1v) is 4.91. The van der Waals surface area contributed by atoms with Crippen LogP contribution in [0.15, 0.2) is 6.20 Å². The molecule has 1 fully saturated rings. The Morgan fingerprint density at radius 2 is 2.38 bits per heavy atom. The zero-order chi connectivity index (χ0) is 10.8. The fraction of sp³-hybridized carbons (Fsp3) is 0.500. The van der Waals surface area contributed by atoms with E-state index in [4.69, 9.17) is 10.4 Å². The van der Waals surface area contributed by atoms with Gasteiger partial charge in [-0.3, -0.25) is 4.68 Å². The van der Waals surface area contributed by atoms with Crippen molar-refractivity contribution in [1.82, 2.24) is 9.78 Å². The van der Waals surface area contributed by atoms with Gasteiger partial charge in [-0.15, -0.1) is 0 Å². The van der Waals surface area contributed by atoms with Gasteiger partial charge in [0.1, 0.15) is 11.6 Å². The Kier molecular flexibility index (Phi) is 5.15. The van der Waals surface area contributed by atoms with Crippen LogP contribution >= 0.6 is 0 Å². The number of rotatable bonds is 3. The molecule has 1 saturated carbocycles. The molecule has 16 heavy (non-hydrogen) atoms. The predicted octanol–water partition coefficient (Wildman–Crippen LogP) is 0.605. The molecule has 1 aliphatic rings. The molecule has 5 nitrogen and oxygen atoms in total. The Hall–Kier alpha value is -0.194. The molecule has 1 N–H and O–H groups in total. The van der Waals surface area contributed by atoms with Crippen LogP contribution in [0, 0.1) is 17.2 Å². The van der Waals surface area contributed by atoms with Gasteiger partial charge >= 0.3 is 57.4 Å². The number of aromatic nitrogens is 2. The summed E-state index contributed by atoms with van der Waals surface area (Å²) in [5.41, 5.74) is 0.159. The van der Waals surface area contributed by atoms with Crippen LogP contribution in [0.4, 0.5) is 0 Å². The maximum absolute atomic E-state index is 10.9. The Labute approximate surface area is 136 Å². The number of aromatic carboxylic acids is 1. The summed E-state index contributed by atoms with van der Waals surface area (Å²) in [6.45, 7) is 0.614. The number of carbonyl (C=O) groups is 1. The summed E-state index contributed by atoms with van der Waals surface area (Å²) in [5.74, 6) is -0.557. The van der Waals surface area contributed by atoms with Gasteiger partial charge in [-0.25, -0.2) is 4.79 Å². The fourth-order valence-corrected chi connectivity index (χ4v) is 1.75. The maximum atomic E-state index is 10.9. The fourth-order valence-electron chi connectivity index (χ4n) is 1.75. The monoisotopic (exact) mass is 245 g/mol. The molecule has 0 aromatic carbocycles. The van der Waals surface area contributed by atoms with E-state index in [1.54, 1.807) is 0 Å². The topological polar surface area (TPSA) is 78.9 Å². The van der Waals surface area contributed by atoms with Gasteiger partial charge < -0.3 is 5.11 Å². The number of nitriles is 1. The number of carboxylic acid groups (broad SMARTS) is 1. The first-order valence-electron chi connectivity index (χ1n) is 4.91. The minimum absolute atomic E-state index is 0. The van der Waals surface area contributed by atoms with Crippen molar-refractivity contribution in [3.05, 3.63) is 17.5 Å². The molecule has 0 spiro atoms. The Balaban J connectivity index is 0.00000128. The summed E-state index contributed by atoms with van der Waals surface area (Å²) < 4.78 is 1.44. The summed E-state index contributed by atoms with van der Waals surface area (Å²) in [5, 5.41) is 21.6. The average Bonchev–Trinajstić information content (AvgIpc) is 2.54. The van der Waals surface area contributed by atoms with Crippen LogP contribution in [0.5, 0.6) is 0 Å². The zero-order valence-corrected chi connectivity index (χ0v) is 8.18. The van der Waals surface area contributed by atoms with E-state index in [9.17, 15) is 4.79 Å². The number of hydrogen-bond donors (Lipinski definition) is 1. The van der Waals surface area contributed by atoms with Gasteiger partial charge in [0.2, 0.25) is 0 Å². The number of carboxylic acids is 1. The Bertz CT molecular complexity index is 432. The van der Waals surface area contributed by atoms with Gasteiger partial charge in [0.15, 0.2) is 5.69 Å². The number of nitrogens with zero attached hydrogens (tertiary/aromatic N) is 3. The molecular weight excluding hydrogens is 233 g/mol. The molecule has 2 rings (SSSR count). The van der Waals surface area contributed by atoms with Gasteiger partial charge in [0, 0.05) is 6.54 Å². The van der Waals surface area contributed by atoms with E-state index in [1.165, 1.54) is 17.3 Å². The van der Waals surface area contributed by atoms with Crippen molar-refractivity contribution in [2.24, 2.45) is 5.92 Å². The van der Waals surface area contributed by atoms with E-state index in [2.05, 4.69) is 5.10 Å². The molecule has 6 heteroatoms. The summed E-state index contributed by atoms with van der Waals surface area (Å²) in [6, 6.07) is 1.84. The minimum atomic E-state index is -1.08. The third-order valence-electron chi connectivity index (χ3n) is 2.82. The third-order valence-corrected chi connectivity index (χ3v) is 2.82. The van der Waals surface area contributed by atoms with Crippen molar-refractivity contribution in [3.8, 4) is 6.07 Å². The van der Waals surface area contributed by atoms with Gasteiger partial charge in [0.25, 0.3) is 0 Å². The van der Waals surface area contributed by atoms with E-state index < -0.39 is 5.97 Å². The molecule has 0 amide bonds. The molecule has 1 heterocycles. The number of hydrogen-bond acceptors (Lipinski definition) is 3. The van der Waals surface area contributed by atoms with Crippen LogP contribution in [-0.4, -0.2) is 72.2 Å². The second kappa shape index (κ2) is 5.94. The second-order valence-corrected chi connectivity index (χ2v) is 3.80. The van der Waals surface area contributed by atoms with Crippen molar-refractivity contribution in [1.29, 1.82) is 5.26 Å². The molecule has 0 radical (unpaired) electrons. The molecule has 0 atom stereocenters. The first-order chi connectivity index (χ1) is 7.22. The molecule has 1 aromatic rings. The first kappa shape index (κ1) is 13.9. The molecule has 0 unspecified atom stereocenters. The van der Waals surface area contributed by atoms with Gasteiger partial charge in [-0.2, -0.15) is 10.4 Å². The summed E-state index contributed by atoms with van der Waals surface area (Å²) in [7, 11) is 0. The van der Waals surface area contributed by atoms with Gasteiger partial charge in [-0.1, -0.05) is 6.42 Å². The van der Waals surface area contributed by atoms with Crippen molar-refractivity contribution >= 4 is 57.4 Å². The zero-order valence-electron chi connectivity index (χ0n) is 8.18. The second-order valence-electron chi connectivity index (χ2n) is 3.80. The molecule has 0 bridgehead atoms. The molecule has 0 aliphatic heterocycles. The molecule has 1 aromatic heterocycles. The standard InChI is InChI=1S/C10H11N3O2.K.H/c11-4-8-5-12-13(9(8)10(14)15)6-7-2-1-3-7;;/h5,7H,1-3,6H2,(H,14,15);;.